The van der Waals surface area contributed by atoms with Gasteiger partial charge in [-0.05, 0) is 30.0 Å². The minimum Gasteiger partial charge on any atom is -0.298 e. The zero-order valence-corrected chi connectivity index (χ0v) is 13.2. The van der Waals surface area contributed by atoms with E-state index in [9.17, 15) is 4.79 Å². The van der Waals surface area contributed by atoms with E-state index in [4.69, 9.17) is 0 Å². The van der Waals surface area contributed by atoms with Crippen LogP contribution in [0.3, 0.4) is 0 Å². The molecule has 0 aliphatic carbocycles. The van der Waals surface area contributed by atoms with Crippen LogP contribution in [0.1, 0.15) is 15.9 Å². The Bertz CT molecular complexity index is 1040. The second-order valence-corrected chi connectivity index (χ2v) is 6.33. The molecule has 4 nitrogen and oxygen atoms in total. The van der Waals surface area contributed by atoms with Gasteiger partial charge in [0, 0.05) is 17.8 Å². The molecule has 0 fully saturated rings. The Balaban J connectivity index is 1.74. The maximum Gasteiger partial charge on any atom is 0.259 e. The fraction of sp³-hybridized carbons (Fsp3) is 0.0556. The maximum absolute atomic E-state index is 12.4. The van der Waals surface area contributed by atoms with Crippen molar-refractivity contribution in [1.29, 1.82) is 0 Å². The first-order chi connectivity index (χ1) is 11.2. The number of anilines is 1. The quantitative estimate of drug-likeness (QED) is 0.595. The number of aromatic nitrogens is 2. The molecule has 0 saturated carbocycles. The Kier molecular flexibility index (Phi) is 3.28. The van der Waals surface area contributed by atoms with Gasteiger partial charge in [0.05, 0.1) is 15.8 Å². The average Bonchev–Trinajstić information content (AvgIpc) is 2.98. The van der Waals surface area contributed by atoms with Gasteiger partial charge in [-0.2, -0.15) is 0 Å². The van der Waals surface area contributed by atoms with Crippen molar-refractivity contribution < 1.29 is 4.79 Å². The van der Waals surface area contributed by atoms with E-state index in [0.29, 0.717) is 10.7 Å². The van der Waals surface area contributed by atoms with Crippen LogP contribution in [0.15, 0.2) is 54.9 Å². The van der Waals surface area contributed by atoms with E-state index in [1.165, 1.54) is 11.3 Å². The van der Waals surface area contributed by atoms with Crippen molar-refractivity contribution >= 4 is 43.4 Å². The van der Waals surface area contributed by atoms with Crippen LogP contribution in [0.2, 0.25) is 0 Å². The molecule has 1 N–H and O–H groups in total. The summed E-state index contributed by atoms with van der Waals surface area (Å²) in [4.78, 5) is 21.0. The van der Waals surface area contributed by atoms with Gasteiger partial charge in [0.2, 0.25) is 0 Å². The Morgan fingerprint density at radius 3 is 2.87 bits per heavy atom. The van der Waals surface area contributed by atoms with Gasteiger partial charge in [0.1, 0.15) is 0 Å². The summed E-state index contributed by atoms with van der Waals surface area (Å²) in [6, 6.07) is 14.1. The number of nitrogens with one attached hydrogen (secondary N) is 1. The molecule has 2 heterocycles. The summed E-state index contributed by atoms with van der Waals surface area (Å²) in [5.41, 5.74) is 2.38. The van der Waals surface area contributed by atoms with Crippen LogP contribution in [0.25, 0.3) is 21.0 Å². The molecule has 4 rings (SSSR count). The van der Waals surface area contributed by atoms with E-state index in [2.05, 4.69) is 27.4 Å². The third kappa shape index (κ3) is 2.45. The van der Waals surface area contributed by atoms with Crippen molar-refractivity contribution in [2.24, 2.45) is 0 Å². The van der Waals surface area contributed by atoms with E-state index in [-0.39, 0.29) is 5.91 Å². The van der Waals surface area contributed by atoms with Crippen LogP contribution in [-0.2, 0) is 0 Å². The number of aryl methyl sites for hydroxylation is 1. The molecule has 0 unspecified atom stereocenters. The highest BCUT2D eigenvalue weighted by molar-refractivity contribution is 7.22. The summed E-state index contributed by atoms with van der Waals surface area (Å²) in [7, 11) is 0. The zero-order chi connectivity index (χ0) is 15.8. The van der Waals surface area contributed by atoms with Gasteiger partial charge in [0.25, 0.3) is 5.91 Å². The van der Waals surface area contributed by atoms with Gasteiger partial charge >= 0.3 is 0 Å². The number of fused-ring (bicyclic) bond motifs is 3. The van der Waals surface area contributed by atoms with E-state index >= 15 is 0 Å². The lowest BCUT2D eigenvalue weighted by Gasteiger charge is -2.03. The molecule has 2 aromatic heterocycles. The topological polar surface area (TPSA) is 54.9 Å². The van der Waals surface area contributed by atoms with Gasteiger partial charge in [0.15, 0.2) is 5.13 Å². The molecule has 4 aromatic rings. The Morgan fingerprint density at radius 1 is 1.13 bits per heavy atom. The van der Waals surface area contributed by atoms with Crippen molar-refractivity contribution in [3.05, 3.63) is 66.0 Å². The number of thiazole rings is 1. The highest BCUT2D eigenvalue weighted by Crippen LogP contribution is 2.31. The van der Waals surface area contributed by atoms with Crippen molar-refractivity contribution in [3.8, 4) is 0 Å². The molecule has 112 valence electrons. The summed E-state index contributed by atoms with van der Waals surface area (Å²) in [5.74, 6) is -0.182. The molecule has 0 aliphatic heterocycles. The highest BCUT2D eigenvalue weighted by Gasteiger charge is 2.13. The number of pyridine rings is 1. The zero-order valence-electron chi connectivity index (χ0n) is 12.4. The van der Waals surface area contributed by atoms with Crippen molar-refractivity contribution in [2.75, 3.05) is 5.32 Å². The number of benzene rings is 2. The van der Waals surface area contributed by atoms with Crippen molar-refractivity contribution in [2.45, 2.75) is 6.92 Å². The summed E-state index contributed by atoms with van der Waals surface area (Å²) in [6.45, 7) is 1.89. The fourth-order valence-corrected chi connectivity index (χ4v) is 3.46. The fourth-order valence-electron chi connectivity index (χ4n) is 2.58. The van der Waals surface area contributed by atoms with E-state index in [0.717, 1.165) is 26.6 Å². The molecule has 1 amide bonds. The summed E-state index contributed by atoms with van der Waals surface area (Å²) >= 11 is 1.48. The van der Waals surface area contributed by atoms with Gasteiger partial charge < -0.3 is 0 Å². The van der Waals surface area contributed by atoms with Gasteiger partial charge in [-0.15, -0.1) is 0 Å². The van der Waals surface area contributed by atoms with Gasteiger partial charge in [-0.3, -0.25) is 15.1 Å². The smallest absolute Gasteiger partial charge is 0.259 e. The van der Waals surface area contributed by atoms with Crippen LogP contribution in [0, 0.1) is 6.92 Å². The molecule has 0 aliphatic rings. The summed E-state index contributed by atoms with van der Waals surface area (Å²) in [5, 5.41) is 5.72. The number of amides is 1. The standard InChI is InChI=1S/C18H13N3OS/c1-11-8-9-19-10-14(11)17(22)21-18-20-16-13-5-3-2-4-12(13)6-7-15(16)23-18/h2-10H,1H3,(H,20,21,22). The second-order valence-electron chi connectivity index (χ2n) is 5.30. The number of carbonyl (C=O) groups is 1. The monoisotopic (exact) mass is 319 g/mol. The summed E-state index contributed by atoms with van der Waals surface area (Å²) in [6.07, 6.45) is 3.25. The van der Waals surface area contributed by atoms with Crippen LogP contribution in [0.4, 0.5) is 5.13 Å². The van der Waals surface area contributed by atoms with E-state index < -0.39 is 0 Å². The minimum atomic E-state index is -0.182. The van der Waals surface area contributed by atoms with E-state index in [1.54, 1.807) is 12.4 Å². The summed E-state index contributed by atoms with van der Waals surface area (Å²) < 4.78 is 1.06. The first-order valence-corrected chi connectivity index (χ1v) is 8.04. The van der Waals surface area contributed by atoms with Crippen molar-refractivity contribution in [1.82, 2.24) is 9.97 Å². The minimum absolute atomic E-state index is 0.182. The molecule has 0 radical (unpaired) electrons. The normalized spacial score (nSPS) is 11.0. The molecule has 2 aromatic carbocycles. The number of rotatable bonds is 2. The molecule has 0 saturated heterocycles. The average molecular weight is 319 g/mol. The Labute approximate surface area is 136 Å². The molecular formula is C18H13N3OS. The molecule has 23 heavy (non-hydrogen) atoms. The van der Waals surface area contributed by atoms with Crippen LogP contribution in [-0.4, -0.2) is 15.9 Å². The Morgan fingerprint density at radius 2 is 2.00 bits per heavy atom. The van der Waals surface area contributed by atoms with Crippen molar-refractivity contribution in [3.63, 3.8) is 0 Å². The van der Waals surface area contributed by atoms with Gasteiger partial charge in [-0.25, -0.2) is 4.98 Å². The highest BCUT2D eigenvalue weighted by atomic mass is 32.1. The number of hydrogen-bond acceptors (Lipinski definition) is 4. The maximum atomic E-state index is 12.4. The Hall–Kier alpha value is -2.79. The third-order valence-corrected chi connectivity index (χ3v) is 4.72. The lowest BCUT2D eigenvalue weighted by molar-refractivity contribution is 0.102. The molecule has 0 atom stereocenters. The lowest BCUT2D eigenvalue weighted by atomic mass is 10.1. The SMILES string of the molecule is Cc1ccncc1C(=O)Nc1nc2c(ccc3ccccc32)s1. The number of hydrogen-bond donors (Lipinski definition) is 1. The molecule has 0 spiro atoms. The predicted octanol–water partition coefficient (Wildman–Crippen LogP) is 4.41. The third-order valence-electron chi connectivity index (χ3n) is 3.79. The number of carbonyl (C=O) groups excluding carboxylic acids is 1. The van der Waals surface area contributed by atoms with Gasteiger partial charge in [-0.1, -0.05) is 41.7 Å². The predicted molar refractivity (Wildman–Crippen MR) is 94.1 cm³/mol. The van der Waals surface area contributed by atoms with Crippen LogP contribution in [0.5, 0.6) is 0 Å². The first-order valence-electron chi connectivity index (χ1n) is 7.22. The second kappa shape index (κ2) is 5.44. The van der Waals surface area contributed by atoms with E-state index in [1.807, 2.05) is 37.3 Å². The van der Waals surface area contributed by atoms with Crippen LogP contribution < -0.4 is 5.32 Å². The molecule has 5 heteroatoms. The first kappa shape index (κ1) is 13.8. The molecular weight excluding hydrogens is 306 g/mol. The molecule has 0 bridgehead atoms. The number of nitrogens with zero attached hydrogens (tertiary/aromatic N) is 2. The lowest BCUT2D eigenvalue weighted by Crippen LogP contribution is -2.13. The largest absolute Gasteiger partial charge is 0.298 e. The van der Waals surface area contributed by atoms with Crippen LogP contribution >= 0.6 is 11.3 Å².